The maximum Gasteiger partial charge on any atom is 0 e. The van der Waals surface area contributed by atoms with Crippen LogP contribution in [0, 0.1) is 13.3 Å². The number of hydrogen-bond acceptors (Lipinski definition) is 0. The summed E-state index contributed by atoms with van der Waals surface area (Å²) in [5, 5.41) is 0. The van der Waals surface area contributed by atoms with Crippen molar-refractivity contribution in [3.63, 3.8) is 0 Å². The topological polar surface area (TPSA) is 0 Å². The van der Waals surface area contributed by atoms with Gasteiger partial charge in [-0.05, 0) is 5.92 Å². The first kappa shape index (κ1) is 52.9. The van der Waals surface area contributed by atoms with E-state index in [1.165, 1.54) is 0 Å². The van der Waals surface area contributed by atoms with E-state index in [2.05, 4.69) is 20.8 Å². The molecular formula is C9H25Y4-. The van der Waals surface area contributed by atoms with Gasteiger partial charge in [0.15, 0.2) is 0 Å². The molecule has 0 unspecified atom stereocenters. The maximum atomic E-state index is 2.17. The van der Waals surface area contributed by atoms with Crippen molar-refractivity contribution in [3.05, 3.63) is 7.43 Å². The Bertz CT molecular complexity index is 16.3. The second kappa shape index (κ2) is 70.9. The molecule has 0 fully saturated rings. The Morgan fingerprint density at radius 1 is 0.538 bits per heavy atom. The molecule has 0 aliphatic heterocycles. The fraction of sp³-hybridized carbons (Fsp3) is 0.889. The molecule has 0 aromatic rings. The molecule has 0 nitrogen and oxygen atoms in total. The van der Waals surface area contributed by atoms with Gasteiger partial charge in [0.2, 0.25) is 0 Å². The summed E-state index contributed by atoms with van der Waals surface area (Å²) in [6, 6.07) is 0. The van der Waals surface area contributed by atoms with E-state index in [1.54, 1.807) is 0 Å². The van der Waals surface area contributed by atoms with Crippen LogP contribution in [0.5, 0.6) is 0 Å². The van der Waals surface area contributed by atoms with Crippen molar-refractivity contribution in [1.82, 2.24) is 0 Å². The van der Waals surface area contributed by atoms with Gasteiger partial charge in [0.05, 0.1) is 0 Å². The van der Waals surface area contributed by atoms with Crippen LogP contribution in [0.2, 0.25) is 0 Å². The minimum atomic E-state index is 0. The van der Waals surface area contributed by atoms with Gasteiger partial charge >= 0.3 is 0 Å². The molecular weight excluding hydrogens is 464 g/mol. The van der Waals surface area contributed by atoms with Crippen molar-refractivity contribution in [2.75, 3.05) is 0 Å². The zero-order valence-corrected chi connectivity index (χ0v) is 22.2. The van der Waals surface area contributed by atoms with E-state index in [-0.39, 0.29) is 138 Å². The zero-order chi connectivity index (χ0) is 7.58. The summed E-state index contributed by atoms with van der Waals surface area (Å²) >= 11 is 0. The number of rotatable bonds is 0. The largest absolute Gasteiger partial charge is 0.358 e. The summed E-state index contributed by atoms with van der Waals surface area (Å²) in [5.41, 5.74) is 0. The van der Waals surface area contributed by atoms with Crippen LogP contribution < -0.4 is 0 Å². The first-order chi connectivity index (χ1) is 3.73. The molecule has 0 spiro atoms. The summed E-state index contributed by atoms with van der Waals surface area (Å²) in [4.78, 5) is 0. The summed E-state index contributed by atoms with van der Waals surface area (Å²) in [6.07, 6.45) is 0. The maximum absolute atomic E-state index is 2.17. The molecule has 13 heavy (non-hydrogen) atoms. The molecule has 0 aliphatic carbocycles. The van der Waals surface area contributed by atoms with Gasteiger partial charge in [-0.3, -0.25) is 0 Å². The Hall–Kier alpha value is 4.42. The Morgan fingerprint density at radius 2 is 0.538 bits per heavy atom. The van der Waals surface area contributed by atoms with E-state index >= 15 is 0 Å². The van der Waals surface area contributed by atoms with Crippen molar-refractivity contribution >= 4 is 0 Å². The fourth-order valence-electron chi connectivity index (χ4n) is 0. The first-order valence-corrected chi connectivity index (χ1v) is 3.73. The Labute approximate surface area is 188 Å². The Kier molecular flexibility index (Phi) is 289. The molecule has 0 saturated carbocycles. The SMILES string of the molecule is CC.CC.CC(C)C.[CH3-].[Y].[Y].[Y].[Y]. The smallest absolute Gasteiger partial charge is 0 e. The molecule has 0 amide bonds. The molecule has 4 heteroatoms. The van der Waals surface area contributed by atoms with Crippen LogP contribution in [0.25, 0.3) is 0 Å². The van der Waals surface area contributed by atoms with E-state index in [0.29, 0.717) is 0 Å². The molecule has 0 aromatic carbocycles. The predicted octanol–water partition coefficient (Wildman–Crippen LogP) is 4.15. The van der Waals surface area contributed by atoms with E-state index in [1.807, 2.05) is 27.7 Å². The second-order valence-electron chi connectivity index (χ2n) is 1.73. The molecule has 0 N–H and O–H groups in total. The third-order valence-electron chi connectivity index (χ3n) is 0. The van der Waals surface area contributed by atoms with Crippen molar-refractivity contribution < 1.29 is 131 Å². The van der Waals surface area contributed by atoms with Gasteiger partial charge in [-0.2, -0.15) is 0 Å². The van der Waals surface area contributed by atoms with E-state index in [4.69, 9.17) is 0 Å². The average Bonchev–Trinajstić information content (AvgIpc) is 1.75. The van der Waals surface area contributed by atoms with Crippen LogP contribution in [0.4, 0.5) is 0 Å². The van der Waals surface area contributed by atoms with Gasteiger partial charge in [-0.1, -0.05) is 48.5 Å². The van der Waals surface area contributed by atoms with Gasteiger partial charge in [0.1, 0.15) is 0 Å². The van der Waals surface area contributed by atoms with Crippen LogP contribution in [0.3, 0.4) is 0 Å². The molecule has 0 aromatic heterocycles. The molecule has 4 radical (unpaired) electrons. The van der Waals surface area contributed by atoms with Gasteiger partial charge < -0.3 is 7.43 Å². The van der Waals surface area contributed by atoms with E-state index in [0.717, 1.165) is 5.92 Å². The Balaban J connectivity index is -0.00000000429. The van der Waals surface area contributed by atoms with Crippen LogP contribution in [-0.2, 0) is 131 Å². The standard InChI is InChI=1S/C4H10.2C2H6.CH3.4Y/c1-4(2)3;2*1-2;;;;;/h4H,1-3H3;2*1-2H3;1H3;;;;/q;;;-1;;;;. The predicted molar refractivity (Wildman–Crippen MR) is 49.6 cm³/mol. The molecule has 0 rings (SSSR count). The summed E-state index contributed by atoms with van der Waals surface area (Å²) in [6.45, 7) is 14.5. The zero-order valence-electron chi connectivity index (χ0n) is 10.9. The van der Waals surface area contributed by atoms with Crippen molar-refractivity contribution in [2.45, 2.75) is 48.5 Å². The minimum absolute atomic E-state index is 0. The first-order valence-electron chi connectivity index (χ1n) is 3.73. The van der Waals surface area contributed by atoms with Gasteiger partial charge in [0, 0.05) is 131 Å². The van der Waals surface area contributed by atoms with E-state index < -0.39 is 0 Å². The van der Waals surface area contributed by atoms with Crippen LogP contribution in [0.15, 0.2) is 0 Å². The third kappa shape index (κ3) is 175. The van der Waals surface area contributed by atoms with Gasteiger partial charge in [0.25, 0.3) is 0 Å². The van der Waals surface area contributed by atoms with Crippen LogP contribution >= 0.6 is 0 Å². The van der Waals surface area contributed by atoms with Crippen molar-refractivity contribution in [3.8, 4) is 0 Å². The molecule has 0 saturated heterocycles. The molecule has 0 bridgehead atoms. The quantitative estimate of drug-likeness (QED) is 0.449. The van der Waals surface area contributed by atoms with Crippen LogP contribution in [0.1, 0.15) is 48.5 Å². The average molecular weight is 489 g/mol. The second-order valence-corrected chi connectivity index (χ2v) is 1.73. The van der Waals surface area contributed by atoms with Gasteiger partial charge in [-0.15, -0.1) is 0 Å². The molecule has 0 atom stereocenters. The summed E-state index contributed by atoms with van der Waals surface area (Å²) < 4.78 is 0. The molecule has 0 heterocycles. The minimum Gasteiger partial charge on any atom is -0.358 e. The number of hydrogen-bond donors (Lipinski definition) is 0. The van der Waals surface area contributed by atoms with Crippen molar-refractivity contribution in [1.29, 1.82) is 0 Å². The summed E-state index contributed by atoms with van der Waals surface area (Å²) in [5.74, 6) is 0.833. The Morgan fingerprint density at radius 3 is 0.538 bits per heavy atom. The molecule has 0 aliphatic rings. The summed E-state index contributed by atoms with van der Waals surface area (Å²) in [7, 11) is 0. The van der Waals surface area contributed by atoms with Gasteiger partial charge in [-0.25, -0.2) is 0 Å². The normalized spacial score (nSPS) is 3.69. The van der Waals surface area contributed by atoms with Crippen molar-refractivity contribution in [2.24, 2.45) is 5.92 Å². The van der Waals surface area contributed by atoms with E-state index in [9.17, 15) is 0 Å². The fourth-order valence-corrected chi connectivity index (χ4v) is 0. The van der Waals surface area contributed by atoms with Crippen LogP contribution in [-0.4, -0.2) is 0 Å². The third-order valence-corrected chi connectivity index (χ3v) is 0. The molecule has 74 valence electrons. The monoisotopic (exact) mass is 489 g/mol.